The third kappa shape index (κ3) is 8.26. The van der Waals surface area contributed by atoms with E-state index in [0.717, 1.165) is 6.20 Å². The van der Waals surface area contributed by atoms with Gasteiger partial charge in [0, 0.05) is 32.0 Å². The Hall–Kier alpha value is -2.99. The van der Waals surface area contributed by atoms with Gasteiger partial charge in [-0.05, 0) is 25.2 Å². The second-order valence-corrected chi connectivity index (χ2v) is 9.91. The predicted molar refractivity (Wildman–Crippen MR) is 118 cm³/mol. The van der Waals surface area contributed by atoms with Crippen LogP contribution in [0.4, 0.5) is 38.0 Å². The van der Waals surface area contributed by atoms with Gasteiger partial charge in [0.2, 0.25) is 16.0 Å². The van der Waals surface area contributed by atoms with Crippen LogP contribution in [0.3, 0.4) is 0 Å². The van der Waals surface area contributed by atoms with E-state index in [1.54, 1.807) is 10.00 Å². The Labute approximate surface area is 206 Å². The highest BCUT2D eigenvalue weighted by Crippen LogP contribution is 2.31. The number of hydrogen-bond donors (Lipinski definition) is 3. The SMILES string of the molecule is O=c1[nH]ncc(NCCCONS(=O)(=O)CC2CCN(c3ncc(C(F)(F)F)cn3)CC2)c1C(F)(F)F. The van der Waals surface area contributed by atoms with Gasteiger partial charge < -0.3 is 10.2 Å². The van der Waals surface area contributed by atoms with Gasteiger partial charge >= 0.3 is 12.4 Å². The van der Waals surface area contributed by atoms with Gasteiger partial charge in [0.15, 0.2) is 0 Å². The summed E-state index contributed by atoms with van der Waals surface area (Å²) in [6, 6.07) is 0. The first-order valence-electron chi connectivity index (χ1n) is 10.9. The van der Waals surface area contributed by atoms with Crippen molar-refractivity contribution < 1.29 is 39.6 Å². The number of rotatable bonds is 10. The molecule has 3 rings (SSSR count). The maximum atomic E-state index is 13.0. The summed E-state index contributed by atoms with van der Waals surface area (Å²) in [7, 11) is -3.83. The van der Waals surface area contributed by atoms with Gasteiger partial charge in [-0.3, -0.25) is 9.63 Å². The standard InChI is InChI=1S/C19H23F6N7O4S/c20-18(21,22)13-8-27-17(28-9-13)32-5-2-12(3-6-32)11-37(34,35)31-36-7-1-4-26-14-10-29-30-16(33)15(14)19(23,24)25/h8-10,12,31H,1-7,11H2,(H2,26,30,33). The molecule has 3 heterocycles. The van der Waals surface area contributed by atoms with E-state index in [2.05, 4.69) is 20.4 Å². The van der Waals surface area contributed by atoms with Gasteiger partial charge in [-0.15, -0.1) is 0 Å². The van der Waals surface area contributed by atoms with E-state index in [0.29, 0.717) is 38.3 Å². The average Bonchev–Trinajstić information content (AvgIpc) is 2.80. The highest BCUT2D eigenvalue weighted by Gasteiger charge is 2.37. The monoisotopic (exact) mass is 559 g/mol. The lowest BCUT2D eigenvalue weighted by Gasteiger charge is -2.31. The maximum absolute atomic E-state index is 13.0. The molecule has 37 heavy (non-hydrogen) atoms. The van der Waals surface area contributed by atoms with Gasteiger partial charge in [0.1, 0.15) is 5.56 Å². The first-order chi connectivity index (χ1) is 17.3. The van der Waals surface area contributed by atoms with Crippen molar-refractivity contribution in [1.82, 2.24) is 25.1 Å². The number of sulfonamides is 1. The fourth-order valence-corrected chi connectivity index (χ4v) is 4.87. The van der Waals surface area contributed by atoms with E-state index in [4.69, 9.17) is 4.84 Å². The summed E-state index contributed by atoms with van der Waals surface area (Å²) >= 11 is 0. The van der Waals surface area contributed by atoms with Crippen LogP contribution in [0.1, 0.15) is 30.4 Å². The molecule has 0 amide bonds. The Morgan fingerprint density at radius 3 is 2.30 bits per heavy atom. The Balaban J connectivity index is 1.37. The smallest absolute Gasteiger partial charge is 0.383 e. The van der Waals surface area contributed by atoms with Gasteiger partial charge in [0.05, 0.1) is 29.8 Å². The highest BCUT2D eigenvalue weighted by molar-refractivity contribution is 7.89. The number of halogens is 6. The zero-order chi connectivity index (χ0) is 27.3. The van der Waals surface area contributed by atoms with Crippen molar-refractivity contribution >= 4 is 21.7 Å². The maximum Gasteiger partial charge on any atom is 0.423 e. The first-order valence-corrected chi connectivity index (χ1v) is 12.6. The fraction of sp³-hybridized carbons (Fsp3) is 0.579. The molecule has 206 valence electrons. The lowest BCUT2D eigenvalue weighted by molar-refractivity contribution is -0.139. The average molecular weight is 559 g/mol. The number of alkyl halides is 6. The molecule has 18 heteroatoms. The van der Waals surface area contributed by atoms with Crippen LogP contribution in [-0.2, 0) is 27.2 Å². The van der Waals surface area contributed by atoms with Crippen molar-refractivity contribution in [2.45, 2.75) is 31.6 Å². The molecule has 2 aromatic heterocycles. The van der Waals surface area contributed by atoms with E-state index in [-0.39, 0.29) is 37.2 Å². The Kier molecular flexibility index (Phi) is 8.96. The molecule has 1 aliphatic rings. The number of nitrogens with zero attached hydrogens (tertiary/aromatic N) is 4. The molecule has 0 saturated carbocycles. The van der Waals surface area contributed by atoms with Gasteiger partial charge in [-0.2, -0.15) is 31.4 Å². The van der Waals surface area contributed by atoms with E-state index >= 15 is 0 Å². The van der Waals surface area contributed by atoms with E-state index in [1.165, 1.54) is 0 Å². The quantitative estimate of drug-likeness (QED) is 0.227. The van der Waals surface area contributed by atoms with Crippen LogP contribution >= 0.6 is 0 Å². The number of aromatic amines is 1. The van der Waals surface area contributed by atoms with Gasteiger partial charge in [0.25, 0.3) is 5.56 Å². The minimum atomic E-state index is -4.88. The summed E-state index contributed by atoms with van der Waals surface area (Å²) < 4.78 is 101. The molecule has 0 bridgehead atoms. The molecule has 0 aromatic carbocycles. The van der Waals surface area contributed by atoms with E-state index in [1.807, 2.05) is 4.89 Å². The largest absolute Gasteiger partial charge is 0.423 e. The third-order valence-corrected chi connectivity index (χ3v) is 6.66. The van der Waals surface area contributed by atoms with Crippen molar-refractivity contribution in [3.63, 3.8) is 0 Å². The van der Waals surface area contributed by atoms with Gasteiger partial charge in [-0.1, -0.05) is 4.89 Å². The number of anilines is 2. The fourth-order valence-electron chi connectivity index (χ4n) is 3.59. The molecular formula is C19H23F6N7O4S. The van der Waals surface area contributed by atoms with Crippen molar-refractivity contribution in [1.29, 1.82) is 0 Å². The molecule has 3 N–H and O–H groups in total. The third-order valence-electron chi connectivity index (χ3n) is 5.38. The molecule has 1 aliphatic heterocycles. The first kappa shape index (κ1) is 28.6. The lowest BCUT2D eigenvalue weighted by atomic mass is 9.99. The van der Waals surface area contributed by atoms with Crippen LogP contribution in [0, 0.1) is 5.92 Å². The molecule has 11 nitrogen and oxygen atoms in total. The summed E-state index contributed by atoms with van der Waals surface area (Å²) in [6.45, 7) is 0.499. The van der Waals surface area contributed by atoms with Crippen molar-refractivity contribution in [3.8, 4) is 0 Å². The molecule has 0 spiro atoms. The van der Waals surface area contributed by atoms with Crippen LogP contribution in [0.15, 0.2) is 23.4 Å². The van der Waals surface area contributed by atoms with Crippen molar-refractivity contribution in [2.75, 3.05) is 42.2 Å². The molecule has 0 unspecified atom stereocenters. The number of hydrogen-bond acceptors (Lipinski definition) is 9. The second kappa shape index (κ2) is 11.6. The van der Waals surface area contributed by atoms with Crippen LogP contribution in [0.5, 0.6) is 0 Å². The summed E-state index contributed by atoms with van der Waals surface area (Å²) in [4.78, 5) is 27.4. The van der Waals surface area contributed by atoms with Gasteiger partial charge in [-0.25, -0.2) is 23.5 Å². The minimum Gasteiger partial charge on any atom is -0.383 e. The Morgan fingerprint density at radius 2 is 1.70 bits per heavy atom. The number of H-pyrrole nitrogens is 1. The van der Waals surface area contributed by atoms with E-state index in [9.17, 15) is 39.6 Å². The normalized spacial score (nSPS) is 15.7. The summed E-state index contributed by atoms with van der Waals surface area (Å²) in [6.07, 6.45) is -6.24. The van der Waals surface area contributed by atoms with Crippen LogP contribution in [-0.4, -0.2) is 60.6 Å². The zero-order valence-electron chi connectivity index (χ0n) is 19.1. The number of piperidine rings is 1. The molecule has 0 radical (unpaired) electrons. The summed E-state index contributed by atoms with van der Waals surface area (Å²) in [5.74, 6) is -0.360. The van der Waals surface area contributed by atoms with Crippen LogP contribution in [0.25, 0.3) is 0 Å². The van der Waals surface area contributed by atoms with Crippen molar-refractivity contribution in [3.05, 3.63) is 40.1 Å². The van der Waals surface area contributed by atoms with Crippen LogP contribution < -0.4 is 20.7 Å². The molecule has 2 aromatic rings. The second-order valence-electron chi connectivity index (χ2n) is 8.18. The molecule has 0 atom stereocenters. The predicted octanol–water partition coefficient (Wildman–Crippen LogP) is 2.17. The van der Waals surface area contributed by atoms with E-state index < -0.39 is 44.7 Å². The topological polar surface area (TPSA) is 142 Å². The lowest BCUT2D eigenvalue weighted by Crippen LogP contribution is -2.39. The minimum absolute atomic E-state index is 0.0551. The summed E-state index contributed by atoms with van der Waals surface area (Å²) in [5, 5.41) is 7.46. The van der Waals surface area contributed by atoms with Crippen molar-refractivity contribution in [2.24, 2.45) is 5.92 Å². The molecular weight excluding hydrogens is 536 g/mol. The Morgan fingerprint density at radius 1 is 1.05 bits per heavy atom. The zero-order valence-corrected chi connectivity index (χ0v) is 19.9. The van der Waals surface area contributed by atoms with Crippen LogP contribution in [0.2, 0.25) is 0 Å². The molecule has 0 aliphatic carbocycles. The Bertz CT molecular complexity index is 1200. The highest BCUT2D eigenvalue weighted by atomic mass is 32.2. The summed E-state index contributed by atoms with van der Waals surface area (Å²) in [5.41, 5.74) is -4.28. The number of nitrogens with one attached hydrogen (secondary N) is 3. The molecule has 1 fully saturated rings. The number of aromatic nitrogens is 4. The molecule has 1 saturated heterocycles.